The molecule has 6 heteroatoms. The van der Waals surface area contributed by atoms with Gasteiger partial charge in [0.25, 0.3) is 5.91 Å². The van der Waals surface area contributed by atoms with Crippen LogP contribution in [0.4, 0.5) is 4.79 Å². The Hall–Kier alpha value is -2.37. The minimum Gasteiger partial charge on any atom is -0.352 e. The van der Waals surface area contributed by atoms with Crippen LogP contribution in [0.25, 0.3) is 0 Å². The van der Waals surface area contributed by atoms with E-state index in [-0.39, 0.29) is 24.4 Å². The summed E-state index contributed by atoms with van der Waals surface area (Å²) < 4.78 is 0. The normalized spacial score (nSPS) is 25.9. The lowest BCUT2D eigenvalue weighted by molar-refractivity contribution is -0.135. The maximum absolute atomic E-state index is 13.0. The molecule has 2 aliphatic carbocycles. The molecule has 0 bridgehead atoms. The first-order valence-corrected chi connectivity index (χ1v) is 9.58. The van der Waals surface area contributed by atoms with Crippen molar-refractivity contribution in [3.63, 3.8) is 0 Å². The zero-order valence-corrected chi connectivity index (χ0v) is 14.9. The first-order chi connectivity index (χ1) is 12.6. The summed E-state index contributed by atoms with van der Waals surface area (Å²) in [5.41, 5.74) is 1.44. The SMILES string of the molecule is O=C(CN1C(=O)NC2(CCc3ccccc3C2)C1=O)NC1CCCCC1. The zero-order valence-electron chi connectivity index (χ0n) is 14.9. The van der Waals surface area contributed by atoms with Crippen molar-refractivity contribution in [2.24, 2.45) is 0 Å². The number of nitrogens with one attached hydrogen (secondary N) is 2. The van der Waals surface area contributed by atoms with E-state index in [2.05, 4.69) is 16.7 Å². The molecule has 1 unspecified atom stereocenters. The maximum Gasteiger partial charge on any atom is 0.325 e. The van der Waals surface area contributed by atoms with E-state index >= 15 is 0 Å². The number of fused-ring (bicyclic) bond motifs is 1. The van der Waals surface area contributed by atoms with Crippen LogP contribution < -0.4 is 10.6 Å². The third-order valence-corrected chi connectivity index (χ3v) is 5.95. The van der Waals surface area contributed by atoms with Gasteiger partial charge in [-0.2, -0.15) is 0 Å². The summed E-state index contributed by atoms with van der Waals surface area (Å²) in [6.07, 6.45) is 7.24. The molecule has 4 rings (SSSR count). The fourth-order valence-corrected chi connectivity index (χ4v) is 4.51. The van der Waals surface area contributed by atoms with Crippen LogP contribution in [0.5, 0.6) is 0 Å². The number of imide groups is 1. The summed E-state index contributed by atoms with van der Waals surface area (Å²) >= 11 is 0. The van der Waals surface area contributed by atoms with Crippen molar-refractivity contribution in [3.05, 3.63) is 35.4 Å². The molecule has 3 aliphatic rings. The number of hydrogen-bond acceptors (Lipinski definition) is 3. The molecule has 1 atom stereocenters. The second-order valence-corrected chi connectivity index (χ2v) is 7.75. The predicted octanol–water partition coefficient (Wildman–Crippen LogP) is 1.91. The number of aryl methyl sites for hydroxylation is 1. The lowest BCUT2D eigenvalue weighted by Crippen LogP contribution is -2.51. The summed E-state index contributed by atoms with van der Waals surface area (Å²) in [5.74, 6) is -0.510. The maximum atomic E-state index is 13.0. The topological polar surface area (TPSA) is 78.5 Å². The van der Waals surface area contributed by atoms with E-state index in [0.29, 0.717) is 12.8 Å². The van der Waals surface area contributed by atoms with Crippen molar-refractivity contribution in [2.45, 2.75) is 62.9 Å². The van der Waals surface area contributed by atoms with Crippen molar-refractivity contribution in [3.8, 4) is 0 Å². The first kappa shape index (κ1) is 17.1. The van der Waals surface area contributed by atoms with Gasteiger partial charge in [0.2, 0.25) is 5.91 Å². The fourth-order valence-electron chi connectivity index (χ4n) is 4.51. The Balaban J connectivity index is 1.43. The minimum absolute atomic E-state index is 0.174. The smallest absolute Gasteiger partial charge is 0.325 e. The van der Waals surface area contributed by atoms with Crippen LogP contribution in [-0.2, 0) is 22.4 Å². The van der Waals surface area contributed by atoms with Gasteiger partial charge in [0.1, 0.15) is 12.1 Å². The van der Waals surface area contributed by atoms with Gasteiger partial charge in [-0.05, 0) is 36.8 Å². The van der Waals surface area contributed by atoms with Gasteiger partial charge in [0.15, 0.2) is 0 Å². The molecule has 6 nitrogen and oxygen atoms in total. The van der Waals surface area contributed by atoms with E-state index in [1.165, 1.54) is 12.0 Å². The van der Waals surface area contributed by atoms with E-state index in [4.69, 9.17) is 0 Å². The Kier molecular flexibility index (Phi) is 4.42. The summed E-state index contributed by atoms with van der Waals surface area (Å²) in [6, 6.07) is 7.75. The van der Waals surface area contributed by atoms with Crippen LogP contribution in [0.1, 0.15) is 49.7 Å². The average Bonchev–Trinajstić information content (AvgIpc) is 2.86. The van der Waals surface area contributed by atoms with Gasteiger partial charge < -0.3 is 10.6 Å². The molecule has 138 valence electrons. The van der Waals surface area contributed by atoms with Crippen LogP contribution in [0, 0.1) is 0 Å². The fraction of sp³-hybridized carbons (Fsp3) is 0.550. The molecular formula is C20H25N3O3. The van der Waals surface area contributed by atoms with E-state index in [0.717, 1.165) is 42.6 Å². The van der Waals surface area contributed by atoms with E-state index in [1.807, 2.05) is 18.2 Å². The van der Waals surface area contributed by atoms with E-state index < -0.39 is 11.6 Å². The molecule has 26 heavy (non-hydrogen) atoms. The minimum atomic E-state index is -0.892. The summed E-state index contributed by atoms with van der Waals surface area (Å²) in [7, 11) is 0. The Morgan fingerprint density at radius 2 is 1.88 bits per heavy atom. The molecule has 2 N–H and O–H groups in total. The van der Waals surface area contributed by atoms with Crippen LogP contribution in [-0.4, -0.2) is 40.9 Å². The molecule has 1 saturated heterocycles. The lowest BCUT2D eigenvalue weighted by atomic mass is 9.78. The van der Waals surface area contributed by atoms with Gasteiger partial charge >= 0.3 is 6.03 Å². The predicted molar refractivity (Wildman–Crippen MR) is 96.5 cm³/mol. The number of carbonyl (C=O) groups is 3. The summed E-state index contributed by atoms with van der Waals surface area (Å²) in [4.78, 5) is 38.8. The monoisotopic (exact) mass is 355 g/mol. The van der Waals surface area contributed by atoms with Gasteiger partial charge in [0, 0.05) is 12.5 Å². The summed E-state index contributed by atoms with van der Waals surface area (Å²) in [5, 5.41) is 5.86. The Bertz CT molecular complexity index is 742. The molecule has 4 amide bonds. The number of nitrogens with zero attached hydrogens (tertiary/aromatic N) is 1. The van der Waals surface area contributed by atoms with Crippen molar-refractivity contribution in [1.29, 1.82) is 0 Å². The molecule has 1 spiro atoms. The third-order valence-electron chi connectivity index (χ3n) is 5.95. The van der Waals surface area contributed by atoms with Crippen LogP contribution in [0.3, 0.4) is 0 Å². The highest BCUT2D eigenvalue weighted by Crippen LogP contribution is 2.33. The van der Waals surface area contributed by atoms with Gasteiger partial charge in [-0.25, -0.2) is 4.79 Å². The van der Waals surface area contributed by atoms with Crippen LogP contribution >= 0.6 is 0 Å². The largest absolute Gasteiger partial charge is 0.352 e. The molecule has 0 aromatic heterocycles. The number of amides is 4. The van der Waals surface area contributed by atoms with Crippen molar-refractivity contribution in [2.75, 3.05) is 6.54 Å². The molecule has 1 heterocycles. The summed E-state index contributed by atoms with van der Waals surface area (Å²) in [6.45, 7) is -0.190. The number of urea groups is 1. The molecule has 1 aromatic rings. The Morgan fingerprint density at radius 3 is 2.65 bits per heavy atom. The Labute approximate surface area is 153 Å². The van der Waals surface area contributed by atoms with Crippen molar-refractivity contribution in [1.82, 2.24) is 15.5 Å². The molecular weight excluding hydrogens is 330 g/mol. The Morgan fingerprint density at radius 1 is 1.15 bits per heavy atom. The number of benzene rings is 1. The standard InChI is InChI=1S/C20H25N3O3/c24-17(21-16-8-2-1-3-9-16)13-23-18(25)20(22-19(23)26)11-10-14-6-4-5-7-15(14)12-20/h4-7,16H,1-3,8-13H2,(H,21,24)(H,22,26). The van der Waals surface area contributed by atoms with Gasteiger partial charge in [-0.15, -0.1) is 0 Å². The first-order valence-electron chi connectivity index (χ1n) is 9.58. The van der Waals surface area contributed by atoms with Crippen LogP contribution in [0.2, 0.25) is 0 Å². The second kappa shape index (κ2) is 6.74. The van der Waals surface area contributed by atoms with E-state index in [1.54, 1.807) is 0 Å². The molecule has 1 aliphatic heterocycles. The van der Waals surface area contributed by atoms with E-state index in [9.17, 15) is 14.4 Å². The number of carbonyl (C=O) groups excluding carboxylic acids is 3. The molecule has 1 saturated carbocycles. The van der Waals surface area contributed by atoms with Gasteiger partial charge in [-0.3, -0.25) is 14.5 Å². The van der Waals surface area contributed by atoms with Gasteiger partial charge in [-0.1, -0.05) is 43.5 Å². The number of hydrogen-bond donors (Lipinski definition) is 2. The zero-order chi connectivity index (χ0) is 18.1. The van der Waals surface area contributed by atoms with Crippen molar-refractivity contribution < 1.29 is 14.4 Å². The van der Waals surface area contributed by atoms with Gasteiger partial charge in [0.05, 0.1) is 0 Å². The highest BCUT2D eigenvalue weighted by Gasteiger charge is 2.52. The third kappa shape index (κ3) is 3.08. The molecule has 2 fully saturated rings. The highest BCUT2D eigenvalue weighted by molar-refractivity contribution is 6.09. The highest BCUT2D eigenvalue weighted by atomic mass is 16.2. The quantitative estimate of drug-likeness (QED) is 0.813. The van der Waals surface area contributed by atoms with Crippen LogP contribution in [0.15, 0.2) is 24.3 Å². The second-order valence-electron chi connectivity index (χ2n) is 7.75. The average molecular weight is 355 g/mol. The number of rotatable bonds is 3. The lowest BCUT2D eigenvalue weighted by Gasteiger charge is -2.32. The van der Waals surface area contributed by atoms with Crippen molar-refractivity contribution >= 4 is 17.8 Å². The molecule has 1 aromatic carbocycles. The molecule has 0 radical (unpaired) electrons.